The molecule has 1 heterocycles. The first-order valence-electron chi connectivity index (χ1n) is 9.39. The molecule has 1 aromatic carbocycles. The summed E-state index contributed by atoms with van der Waals surface area (Å²) in [4.78, 5) is 39.2. The Morgan fingerprint density at radius 2 is 2.00 bits per heavy atom. The Kier molecular flexibility index (Phi) is 5.81. The van der Waals surface area contributed by atoms with Crippen LogP contribution in [0.3, 0.4) is 0 Å². The van der Waals surface area contributed by atoms with E-state index in [0.717, 1.165) is 25.0 Å². The molecule has 5 amide bonds. The molecule has 9 heteroatoms. The van der Waals surface area contributed by atoms with Gasteiger partial charge in [-0.25, -0.2) is 18.4 Å². The van der Waals surface area contributed by atoms with Gasteiger partial charge in [0.15, 0.2) is 0 Å². The lowest BCUT2D eigenvalue weighted by Crippen LogP contribution is -2.44. The molecule has 2 aliphatic rings. The zero-order chi connectivity index (χ0) is 20.3. The van der Waals surface area contributed by atoms with Gasteiger partial charge in [-0.3, -0.25) is 9.69 Å². The molecule has 0 radical (unpaired) electrons. The van der Waals surface area contributed by atoms with Gasteiger partial charge in [0.05, 0.1) is 0 Å². The maximum Gasteiger partial charge on any atom is 0.325 e. The first-order chi connectivity index (χ1) is 13.3. The highest BCUT2D eigenvalue weighted by atomic mass is 19.1. The van der Waals surface area contributed by atoms with E-state index in [4.69, 9.17) is 0 Å². The highest BCUT2D eigenvalue weighted by Crippen LogP contribution is 2.34. The Bertz CT molecular complexity index is 780. The van der Waals surface area contributed by atoms with Gasteiger partial charge >= 0.3 is 12.1 Å². The van der Waals surface area contributed by atoms with Gasteiger partial charge in [-0.15, -0.1) is 0 Å². The second-order valence-electron chi connectivity index (χ2n) is 7.35. The number of carbonyl (C=O) groups is 3. The zero-order valence-electron chi connectivity index (χ0n) is 15.8. The molecule has 3 rings (SSSR count). The average molecular weight is 394 g/mol. The van der Waals surface area contributed by atoms with Crippen molar-refractivity contribution in [3.05, 3.63) is 35.4 Å². The third kappa shape index (κ3) is 4.07. The maximum atomic E-state index is 13.7. The number of nitrogens with one attached hydrogen (secondary N) is 2. The van der Waals surface area contributed by atoms with Crippen molar-refractivity contribution in [2.45, 2.75) is 44.2 Å². The fourth-order valence-corrected chi connectivity index (χ4v) is 3.74. The Morgan fingerprint density at radius 3 is 2.68 bits per heavy atom. The van der Waals surface area contributed by atoms with Gasteiger partial charge < -0.3 is 15.5 Å². The quantitative estimate of drug-likeness (QED) is 0.574. The van der Waals surface area contributed by atoms with Gasteiger partial charge in [0.1, 0.15) is 17.2 Å². The van der Waals surface area contributed by atoms with Gasteiger partial charge in [-0.2, -0.15) is 0 Å². The summed E-state index contributed by atoms with van der Waals surface area (Å²) in [6, 6.07) is 2.41. The first-order valence-corrected chi connectivity index (χ1v) is 9.39. The molecule has 0 atom stereocenters. The molecule has 2 fully saturated rings. The second kappa shape index (κ2) is 8.12. The topological polar surface area (TPSA) is 81.8 Å². The Balaban J connectivity index is 1.43. The Morgan fingerprint density at radius 1 is 1.29 bits per heavy atom. The number of benzene rings is 1. The van der Waals surface area contributed by atoms with E-state index in [1.807, 2.05) is 0 Å². The molecule has 1 saturated heterocycles. The highest BCUT2D eigenvalue weighted by molar-refractivity contribution is 6.07. The largest absolute Gasteiger partial charge is 0.338 e. The summed E-state index contributed by atoms with van der Waals surface area (Å²) >= 11 is 0. The fourth-order valence-electron chi connectivity index (χ4n) is 3.74. The van der Waals surface area contributed by atoms with E-state index in [1.165, 1.54) is 22.9 Å². The van der Waals surface area contributed by atoms with E-state index < -0.39 is 23.2 Å². The van der Waals surface area contributed by atoms with Crippen molar-refractivity contribution in [3.63, 3.8) is 0 Å². The summed E-state index contributed by atoms with van der Waals surface area (Å²) in [7, 11) is 1.50. The number of imide groups is 1. The average Bonchev–Trinajstić information content (AvgIpc) is 3.20. The van der Waals surface area contributed by atoms with Crippen LogP contribution in [0.15, 0.2) is 18.2 Å². The van der Waals surface area contributed by atoms with Crippen LogP contribution >= 0.6 is 0 Å². The van der Waals surface area contributed by atoms with Gasteiger partial charge in [-0.05, 0) is 25.3 Å². The zero-order valence-corrected chi connectivity index (χ0v) is 15.8. The molecule has 1 aromatic rings. The lowest BCUT2D eigenvalue weighted by molar-refractivity contribution is -0.131. The lowest BCUT2D eigenvalue weighted by atomic mass is 9.98. The number of hydrogen-bond donors (Lipinski definition) is 2. The number of amides is 5. The van der Waals surface area contributed by atoms with Crippen molar-refractivity contribution >= 4 is 18.0 Å². The molecule has 7 nitrogen and oxygen atoms in total. The highest BCUT2D eigenvalue weighted by Gasteiger charge is 2.51. The van der Waals surface area contributed by atoms with Crippen LogP contribution in [0.4, 0.5) is 18.4 Å². The predicted octanol–water partition coefficient (Wildman–Crippen LogP) is 2.36. The van der Waals surface area contributed by atoms with Crippen LogP contribution in [0.5, 0.6) is 0 Å². The van der Waals surface area contributed by atoms with E-state index in [-0.39, 0.29) is 37.1 Å². The summed E-state index contributed by atoms with van der Waals surface area (Å²) in [6.45, 7) is 0.482. The number of halogens is 2. The van der Waals surface area contributed by atoms with Crippen molar-refractivity contribution in [3.8, 4) is 0 Å². The SMILES string of the molecule is CN(Cc1ccc(F)cc1F)C(=O)NCCCN1C(=O)NC2(CCCC2)C1=O. The second-order valence-corrected chi connectivity index (χ2v) is 7.35. The molecule has 0 unspecified atom stereocenters. The standard InChI is InChI=1S/C19H24F2N4O3/c1-24(12-13-5-6-14(20)11-15(13)21)17(27)22-9-4-10-25-16(26)19(23-18(25)28)7-2-3-8-19/h5-6,11H,2-4,7-10,12H2,1H3,(H,22,27)(H,23,28). The number of rotatable bonds is 6. The Hall–Kier alpha value is -2.71. The van der Waals surface area contributed by atoms with E-state index in [9.17, 15) is 23.2 Å². The molecule has 152 valence electrons. The van der Waals surface area contributed by atoms with Crippen molar-refractivity contribution in [2.24, 2.45) is 0 Å². The molecule has 1 saturated carbocycles. The maximum absolute atomic E-state index is 13.7. The molecular formula is C19H24F2N4O3. The minimum absolute atomic E-state index is 0.00646. The predicted molar refractivity (Wildman–Crippen MR) is 97.3 cm³/mol. The van der Waals surface area contributed by atoms with Gasteiger partial charge in [0.2, 0.25) is 0 Å². The summed E-state index contributed by atoms with van der Waals surface area (Å²) in [5.74, 6) is -1.56. The normalized spacial score (nSPS) is 17.9. The van der Waals surface area contributed by atoms with Crippen molar-refractivity contribution in [1.82, 2.24) is 20.4 Å². The van der Waals surface area contributed by atoms with Crippen molar-refractivity contribution < 1.29 is 23.2 Å². The monoisotopic (exact) mass is 394 g/mol. The van der Waals surface area contributed by atoms with Crippen LogP contribution in [0.2, 0.25) is 0 Å². The van der Waals surface area contributed by atoms with Crippen LogP contribution in [-0.2, 0) is 11.3 Å². The summed E-state index contributed by atoms with van der Waals surface area (Å²) in [5.41, 5.74) is -0.514. The first kappa shape index (κ1) is 20.0. The molecule has 2 N–H and O–H groups in total. The number of urea groups is 2. The third-order valence-corrected chi connectivity index (χ3v) is 5.31. The molecule has 0 bridgehead atoms. The molecule has 1 aliphatic carbocycles. The lowest BCUT2D eigenvalue weighted by Gasteiger charge is -2.20. The Labute approximate surface area is 162 Å². The molecule has 28 heavy (non-hydrogen) atoms. The molecular weight excluding hydrogens is 370 g/mol. The molecule has 1 aliphatic heterocycles. The van der Waals surface area contributed by atoms with Gasteiger partial charge in [-0.1, -0.05) is 18.9 Å². The van der Waals surface area contributed by atoms with Crippen LogP contribution < -0.4 is 10.6 Å². The number of hydrogen-bond acceptors (Lipinski definition) is 3. The van der Waals surface area contributed by atoms with Crippen molar-refractivity contribution in [1.29, 1.82) is 0 Å². The molecule has 1 spiro atoms. The van der Waals surface area contributed by atoms with Gasteiger partial charge in [0.25, 0.3) is 5.91 Å². The minimum atomic E-state index is -0.722. The summed E-state index contributed by atoms with van der Waals surface area (Å²) in [5, 5.41) is 5.48. The number of carbonyl (C=O) groups excluding carboxylic acids is 3. The minimum Gasteiger partial charge on any atom is -0.338 e. The van der Waals surface area contributed by atoms with E-state index in [0.29, 0.717) is 19.3 Å². The third-order valence-electron chi connectivity index (χ3n) is 5.31. The fraction of sp³-hybridized carbons (Fsp3) is 0.526. The smallest absolute Gasteiger partial charge is 0.325 e. The van der Waals surface area contributed by atoms with Gasteiger partial charge in [0, 0.05) is 38.3 Å². The molecule has 0 aromatic heterocycles. The van der Waals surface area contributed by atoms with Crippen molar-refractivity contribution in [2.75, 3.05) is 20.1 Å². The summed E-state index contributed by atoms with van der Waals surface area (Å²) in [6.07, 6.45) is 3.62. The van der Waals surface area contributed by atoms with Crippen LogP contribution in [0.25, 0.3) is 0 Å². The summed E-state index contributed by atoms with van der Waals surface area (Å²) < 4.78 is 26.6. The van der Waals surface area contributed by atoms with E-state index >= 15 is 0 Å². The van der Waals surface area contributed by atoms with Crippen LogP contribution in [0.1, 0.15) is 37.7 Å². The van der Waals surface area contributed by atoms with Crippen LogP contribution in [0, 0.1) is 11.6 Å². The van der Waals surface area contributed by atoms with Crippen LogP contribution in [-0.4, -0.2) is 53.4 Å². The number of nitrogens with zero attached hydrogens (tertiary/aromatic N) is 2. The van der Waals surface area contributed by atoms with E-state index in [2.05, 4.69) is 10.6 Å². The van der Waals surface area contributed by atoms with E-state index in [1.54, 1.807) is 0 Å².